The SMILES string of the molecule is [B]C1[C@]([B])(c2ccc(-c3cn(C)cn3)s2)NS(=O)(=O)N(C)[C@]1([B])C(=O)Nc1ccc(F)c(Cl)c1. The number of anilines is 1. The van der Waals surface area contributed by atoms with Crippen molar-refractivity contribution in [2.45, 2.75) is 16.7 Å². The zero-order chi connectivity index (χ0) is 25.1. The van der Waals surface area contributed by atoms with Crippen molar-refractivity contribution in [2.24, 2.45) is 7.05 Å². The summed E-state index contributed by atoms with van der Waals surface area (Å²) < 4.78 is 44.2. The number of nitrogens with one attached hydrogen (secondary N) is 2. The Hall–Kier alpha value is -2.12. The molecule has 1 saturated heterocycles. The van der Waals surface area contributed by atoms with Crippen molar-refractivity contribution in [3.8, 4) is 10.6 Å². The number of hydrogen-bond donors (Lipinski definition) is 2. The van der Waals surface area contributed by atoms with Crippen molar-refractivity contribution in [1.82, 2.24) is 18.6 Å². The van der Waals surface area contributed by atoms with E-state index in [0.29, 0.717) is 19.8 Å². The minimum absolute atomic E-state index is 0.0916. The Balaban J connectivity index is 1.74. The predicted molar refractivity (Wildman–Crippen MR) is 132 cm³/mol. The Morgan fingerprint density at radius 3 is 2.62 bits per heavy atom. The molecular formula is C19H16B3ClFN5O3S2. The fraction of sp³-hybridized carbons (Fsp3) is 0.263. The zero-order valence-corrected chi connectivity index (χ0v) is 20.4. The van der Waals surface area contributed by atoms with E-state index in [0.717, 1.165) is 30.5 Å². The lowest BCUT2D eigenvalue weighted by Gasteiger charge is -2.54. The summed E-state index contributed by atoms with van der Waals surface area (Å²) in [6, 6.07) is 6.77. The van der Waals surface area contributed by atoms with E-state index >= 15 is 0 Å². The number of rotatable bonds is 4. The van der Waals surface area contributed by atoms with E-state index in [2.05, 4.69) is 15.0 Å². The minimum atomic E-state index is -4.37. The van der Waals surface area contributed by atoms with Crippen molar-refractivity contribution < 1.29 is 17.6 Å². The van der Waals surface area contributed by atoms with Crippen LogP contribution in [0.2, 0.25) is 10.8 Å². The summed E-state index contributed by atoms with van der Waals surface area (Å²) in [6.07, 6.45) is 3.40. The Morgan fingerprint density at radius 1 is 1.29 bits per heavy atom. The van der Waals surface area contributed by atoms with E-state index in [9.17, 15) is 17.6 Å². The molecule has 4 rings (SSSR count). The Bertz CT molecular complexity index is 1390. The number of aryl methyl sites for hydroxylation is 1. The number of halogens is 2. The molecule has 3 aromatic rings. The second-order valence-corrected chi connectivity index (χ2v) is 11.1. The smallest absolute Gasteiger partial charge is 0.279 e. The van der Waals surface area contributed by atoms with Crippen molar-refractivity contribution in [2.75, 3.05) is 12.4 Å². The number of thiophene rings is 1. The van der Waals surface area contributed by atoms with Crippen LogP contribution in [0.25, 0.3) is 10.6 Å². The lowest BCUT2D eigenvalue weighted by atomic mass is 9.47. The molecule has 1 aliphatic heterocycles. The van der Waals surface area contributed by atoms with E-state index in [1.165, 1.54) is 6.07 Å². The second kappa shape index (κ2) is 8.52. The lowest BCUT2D eigenvalue weighted by molar-refractivity contribution is -0.122. The van der Waals surface area contributed by atoms with Gasteiger partial charge in [0.05, 0.1) is 35.2 Å². The molecule has 3 atom stereocenters. The monoisotopic (exact) mass is 513 g/mol. The van der Waals surface area contributed by atoms with Gasteiger partial charge in [0.1, 0.15) is 21.5 Å². The van der Waals surface area contributed by atoms with Crippen molar-refractivity contribution in [1.29, 1.82) is 0 Å². The molecule has 0 saturated carbocycles. The molecule has 1 fully saturated rings. The largest absolute Gasteiger partial charge is 0.340 e. The van der Waals surface area contributed by atoms with Gasteiger partial charge in [0.15, 0.2) is 0 Å². The highest BCUT2D eigenvalue weighted by Crippen LogP contribution is 2.47. The summed E-state index contributed by atoms with van der Waals surface area (Å²) in [4.78, 5) is 18.6. The molecule has 0 bridgehead atoms. The van der Waals surface area contributed by atoms with Gasteiger partial charge in [-0.2, -0.15) is 12.7 Å². The molecule has 0 aliphatic carbocycles. The zero-order valence-electron chi connectivity index (χ0n) is 18.0. The highest BCUT2D eigenvalue weighted by molar-refractivity contribution is 7.87. The highest BCUT2D eigenvalue weighted by atomic mass is 35.5. The maximum absolute atomic E-state index is 13.5. The first kappa shape index (κ1) is 25.0. The number of nitrogens with zero attached hydrogens (tertiary/aromatic N) is 3. The molecule has 1 aromatic carbocycles. The lowest BCUT2D eigenvalue weighted by Crippen LogP contribution is -2.74. The number of benzene rings is 1. The van der Waals surface area contributed by atoms with Crippen LogP contribution in [0.4, 0.5) is 10.1 Å². The second-order valence-electron chi connectivity index (χ2n) is 7.92. The van der Waals surface area contributed by atoms with Gasteiger partial charge in [-0.3, -0.25) is 4.79 Å². The maximum Gasteiger partial charge on any atom is 0.279 e. The van der Waals surface area contributed by atoms with Gasteiger partial charge in [-0.15, -0.1) is 11.3 Å². The minimum Gasteiger partial charge on any atom is -0.340 e. The fourth-order valence-corrected chi connectivity index (χ4v) is 6.32. The standard InChI is InChI=1S/C19H16B3ClFN5O3S2/c1-28-8-13(25-9-28)14-5-6-15(33-14)18(21)16(20)19(22,29(2)34(31,32)27-18)17(30)26-10-3-4-12(24)11(23)7-10/h3-9,16,27H,1-2H3,(H,26,30)/t16?,18-,19-/m0/s1. The summed E-state index contributed by atoms with van der Waals surface area (Å²) in [7, 11) is 17.9. The van der Waals surface area contributed by atoms with E-state index in [-0.39, 0.29) is 10.7 Å². The van der Waals surface area contributed by atoms with Crippen molar-refractivity contribution in [3.05, 3.63) is 58.6 Å². The number of carbonyl (C=O) groups is 1. The maximum atomic E-state index is 13.5. The average molecular weight is 513 g/mol. The number of imidazole rings is 1. The van der Waals surface area contributed by atoms with E-state index in [1.807, 2.05) is 7.05 Å². The number of amides is 1. The van der Waals surface area contributed by atoms with Gasteiger partial charge < -0.3 is 9.88 Å². The van der Waals surface area contributed by atoms with Gasteiger partial charge in [-0.1, -0.05) is 11.6 Å². The van der Waals surface area contributed by atoms with Crippen LogP contribution in [0.1, 0.15) is 4.88 Å². The van der Waals surface area contributed by atoms with E-state index in [4.69, 9.17) is 35.1 Å². The molecule has 1 amide bonds. The van der Waals surface area contributed by atoms with Gasteiger partial charge in [-0.05, 0) is 36.1 Å². The molecule has 15 heteroatoms. The van der Waals surface area contributed by atoms with Crippen molar-refractivity contribution >= 4 is 68.3 Å². The van der Waals surface area contributed by atoms with Crippen LogP contribution >= 0.6 is 22.9 Å². The number of carbonyl (C=O) groups excluding carboxylic acids is 1. The average Bonchev–Trinajstić information content (AvgIpc) is 3.43. The van der Waals surface area contributed by atoms with Crippen LogP contribution in [0.3, 0.4) is 0 Å². The third-order valence-corrected chi connectivity index (χ3v) is 8.82. The van der Waals surface area contributed by atoms with Crippen LogP contribution in [0.5, 0.6) is 0 Å². The molecule has 3 heterocycles. The molecule has 170 valence electrons. The molecular weight excluding hydrogens is 497 g/mol. The molecule has 1 aliphatic rings. The summed E-state index contributed by atoms with van der Waals surface area (Å²) in [5.74, 6) is -3.13. The van der Waals surface area contributed by atoms with Gasteiger partial charge in [0.25, 0.3) is 10.2 Å². The van der Waals surface area contributed by atoms with E-state index in [1.54, 1.807) is 29.2 Å². The first-order valence-electron chi connectivity index (χ1n) is 9.75. The van der Waals surface area contributed by atoms with Gasteiger partial charge >= 0.3 is 0 Å². The quantitative estimate of drug-likeness (QED) is 0.517. The Kier molecular flexibility index (Phi) is 6.27. The number of likely N-dealkylation sites (N-methyl/N-ethyl adjacent to an activating group) is 1. The normalized spacial score (nSPS) is 26.9. The molecule has 0 spiro atoms. The van der Waals surface area contributed by atoms with Gasteiger partial charge in [0, 0.05) is 36.3 Å². The first-order valence-corrected chi connectivity index (χ1v) is 12.4. The molecule has 2 N–H and O–H groups in total. The van der Waals surface area contributed by atoms with Crippen LogP contribution in [0.15, 0.2) is 42.9 Å². The summed E-state index contributed by atoms with van der Waals surface area (Å²) in [6.45, 7) is 0. The highest BCUT2D eigenvalue weighted by Gasteiger charge is 2.58. The first-order chi connectivity index (χ1) is 15.8. The summed E-state index contributed by atoms with van der Waals surface area (Å²) in [5.41, 5.74) is -3.52. The molecule has 34 heavy (non-hydrogen) atoms. The third-order valence-electron chi connectivity index (χ3n) is 5.66. The van der Waals surface area contributed by atoms with Gasteiger partial charge in [-0.25, -0.2) is 14.1 Å². The van der Waals surface area contributed by atoms with Crippen LogP contribution in [-0.4, -0.2) is 64.2 Å². The van der Waals surface area contributed by atoms with Gasteiger partial charge in [0.2, 0.25) is 5.91 Å². The van der Waals surface area contributed by atoms with Crippen LogP contribution in [0, 0.1) is 5.82 Å². The Morgan fingerprint density at radius 2 is 2.00 bits per heavy atom. The van der Waals surface area contributed by atoms with Crippen LogP contribution < -0.4 is 10.0 Å². The molecule has 6 radical (unpaired) electrons. The fourth-order valence-electron chi connectivity index (χ4n) is 3.62. The summed E-state index contributed by atoms with van der Waals surface area (Å²) in [5, 5.41) is 2.21. The third kappa shape index (κ3) is 4.01. The number of hydrogen-bond acceptors (Lipinski definition) is 5. The molecule has 8 nitrogen and oxygen atoms in total. The Labute approximate surface area is 209 Å². The predicted octanol–water partition coefficient (Wildman–Crippen LogP) is 1.50. The van der Waals surface area contributed by atoms with Crippen molar-refractivity contribution in [3.63, 3.8) is 0 Å². The summed E-state index contributed by atoms with van der Waals surface area (Å²) >= 11 is 6.93. The number of aromatic nitrogens is 2. The topological polar surface area (TPSA) is 96.3 Å². The molecule has 2 aromatic heterocycles. The molecule has 1 unspecified atom stereocenters. The van der Waals surface area contributed by atoms with Crippen LogP contribution in [-0.2, 0) is 27.5 Å². The van der Waals surface area contributed by atoms with E-state index < -0.39 is 38.6 Å².